The Morgan fingerprint density at radius 3 is 2.70 bits per heavy atom. The van der Waals surface area contributed by atoms with Crippen LogP contribution in [0.1, 0.15) is 17.8 Å². The fourth-order valence-electron chi connectivity index (χ4n) is 3.27. The summed E-state index contributed by atoms with van der Waals surface area (Å²) in [6, 6.07) is 14.9. The number of aryl methyl sites for hydroxylation is 1. The van der Waals surface area contributed by atoms with Gasteiger partial charge in [-0.2, -0.15) is 0 Å². The van der Waals surface area contributed by atoms with E-state index in [0.717, 1.165) is 36.4 Å². The molecule has 2 heterocycles. The number of aromatic nitrogens is 4. The van der Waals surface area contributed by atoms with E-state index in [1.165, 1.54) is 6.07 Å². The second kappa shape index (κ2) is 8.14. The molecule has 0 aliphatic rings. The third-order valence-corrected chi connectivity index (χ3v) is 4.61. The second-order valence-corrected chi connectivity index (χ2v) is 6.66. The van der Waals surface area contributed by atoms with Crippen LogP contribution < -0.4 is 0 Å². The van der Waals surface area contributed by atoms with Crippen molar-refractivity contribution in [3.8, 4) is 0 Å². The fourth-order valence-corrected chi connectivity index (χ4v) is 3.27. The minimum atomic E-state index is -0.165. The summed E-state index contributed by atoms with van der Waals surface area (Å²) in [4.78, 5) is 14.3. The SMILES string of the molecule is Fc1ccccc1CN(CCCn1ccnc1)Cc1nc2ccccc2[nH]1. The molecule has 0 aliphatic carbocycles. The van der Waals surface area contributed by atoms with Gasteiger partial charge in [0.15, 0.2) is 0 Å². The van der Waals surface area contributed by atoms with Gasteiger partial charge in [0.25, 0.3) is 0 Å². The molecular formula is C21H22FN5. The van der Waals surface area contributed by atoms with Crippen LogP contribution in [0.15, 0.2) is 67.3 Å². The summed E-state index contributed by atoms with van der Waals surface area (Å²) < 4.78 is 16.2. The quantitative estimate of drug-likeness (QED) is 0.515. The average molecular weight is 363 g/mol. The van der Waals surface area contributed by atoms with E-state index in [2.05, 4.69) is 24.4 Å². The lowest BCUT2D eigenvalue weighted by molar-refractivity contribution is 0.240. The summed E-state index contributed by atoms with van der Waals surface area (Å²) in [5.74, 6) is 0.733. The second-order valence-electron chi connectivity index (χ2n) is 6.66. The number of hydrogen-bond donors (Lipinski definition) is 1. The molecule has 0 aliphatic heterocycles. The molecule has 0 amide bonds. The summed E-state index contributed by atoms with van der Waals surface area (Å²) in [5, 5.41) is 0. The van der Waals surface area contributed by atoms with Crippen LogP contribution in [-0.4, -0.2) is 31.0 Å². The zero-order valence-corrected chi connectivity index (χ0v) is 15.1. The van der Waals surface area contributed by atoms with E-state index in [0.29, 0.717) is 18.7 Å². The van der Waals surface area contributed by atoms with Gasteiger partial charge < -0.3 is 9.55 Å². The van der Waals surface area contributed by atoms with Crippen LogP contribution in [0.3, 0.4) is 0 Å². The van der Waals surface area contributed by atoms with Gasteiger partial charge in [0, 0.05) is 37.6 Å². The number of nitrogens with zero attached hydrogens (tertiary/aromatic N) is 4. The topological polar surface area (TPSA) is 49.7 Å². The highest BCUT2D eigenvalue weighted by atomic mass is 19.1. The largest absolute Gasteiger partial charge is 0.341 e. The van der Waals surface area contributed by atoms with Crippen LogP contribution in [0.4, 0.5) is 4.39 Å². The molecule has 0 radical (unpaired) electrons. The lowest BCUT2D eigenvalue weighted by atomic mass is 10.2. The number of nitrogens with one attached hydrogen (secondary N) is 1. The summed E-state index contributed by atoms with van der Waals surface area (Å²) in [5.41, 5.74) is 2.68. The third kappa shape index (κ3) is 4.41. The Morgan fingerprint density at radius 2 is 1.89 bits per heavy atom. The van der Waals surface area contributed by atoms with Gasteiger partial charge in [-0.25, -0.2) is 14.4 Å². The molecule has 2 aromatic heterocycles. The number of fused-ring (bicyclic) bond motifs is 1. The molecule has 0 unspecified atom stereocenters. The molecule has 0 saturated heterocycles. The normalized spacial score (nSPS) is 11.5. The Hall–Kier alpha value is -2.99. The van der Waals surface area contributed by atoms with E-state index >= 15 is 0 Å². The molecule has 6 heteroatoms. The van der Waals surface area contributed by atoms with Crippen molar-refractivity contribution in [1.82, 2.24) is 24.4 Å². The smallest absolute Gasteiger partial charge is 0.127 e. The summed E-state index contributed by atoms with van der Waals surface area (Å²) in [7, 11) is 0. The third-order valence-electron chi connectivity index (χ3n) is 4.61. The zero-order valence-electron chi connectivity index (χ0n) is 15.1. The maximum Gasteiger partial charge on any atom is 0.127 e. The van der Waals surface area contributed by atoms with Gasteiger partial charge in [-0.15, -0.1) is 0 Å². The maximum atomic E-state index is 14.1. The van der Waals surface area contributed by atoms with Crippen molar-refractivity contribution in [3.05, 3.63) is 84.5 Å². The van der Waals surface area contributed by atoms with Crippen molar-refractivity contribution in [3.63, 3.8) is 0 Å². The fraction of sp³-hybridized carbons (Fsp3) is 0.238. The Bertz CT molecular complexity index is 960. The minimum Gasteiger partial charge on any atom is -0.341 e. The van der Waals surface area contributed by atoms with Crippen LogP contribution in [-0.2, 0) is 19.6 Å². The summed E-state index contributed by atoms with van der Waals surface area (Å²) in [6.07, 6.45) is 6.51. The summed E-state index contributed by atoms with van der Waals surface area (Å²) in [6.45, 7) is 2.91. The number of halogens is 1. The number of rotatable bonds is 8. The van der Waals surface area contributed by atoms with Crippen LogP contribution in [0.2, 0.25) is 0 Å². The van der Waals surface area contributed by atoms with Gasteiger partial charge in [0.05, 0.1) is 23.9 Å². The van der Waals surface area contributed by atoms with Crippen LogP contribution in [0.5, 0.6) is 0 Å². The number of para-hydroxylation sites is 2. The molecule has 0 spiro atoms. The van der Waals surface area contributed by atoms with Gasteiger partial charge in [-0.05, 0) is 24.6 Å². The first-order valence-corrected chi connectivity index (χ1v) is 9.13. The molecule has 4 rings (SSSR count). The molecule has 138 valence electrons. The zero-order chi connectivity index (χ0) is 18.5. The molecule has 0 saturated carbocycles. The van der Waals surface area contributed by atoms with E-state index in [4.69, 9.17) is 0 Å². The van der Waals surface area contributed by atoms with Crippen molar-refractivity contribution in [2.75, 3.05) is 6.54 Å². The highest BCUT2D eigenvalue weighted by Gasteiger charge is 2.12. The first-order valence-electron chi connectivity index (χ1n) is 9.13. The number of hydrogen-bond acceptors (Lipinski definition) is 3. The highest BCUT2D eigenvalue weighted by Crippen LogP contribution is 2.15. The molecule has 0 fully saturated rings. The van der Waals surface area contributed by atoms with Gasteiger partial charge in [-0.1, -0.05) is 30.3 Å². The molecule has 4 aromatic rings. The van der Waals surface area contributed by atoms with Gasteiger partial charge in [0.1, 0.15) is 11.6 Å². The number of aromatic amines is 1. The monoisotopic (exact) mass is 363 g/mol. The lowest BCUT2D eigenvalue weighted by Crippen LogP contribution is -2.26. The van der Waals surface area contributed by atoms with E-state index in [1.807, 2.05) is 48.9 Å². The molecule has 5 nitrogen and oxygen atoms in total. The van der Waals surface area contributed by atoms with E-state index < -0.39 is 0 Å². The number of H-pyrrole nitrogens is 1. The maximum absolute atomic E-state index is 14.1. The Morgan fingerprint density at radius 1 is 1.04 bits per heavy atom. The minimum absolute atomic E-state index is 0.165. The Balaban J connectivity index is 1.48. The molecule has 27 heavy (non-hydrogen) atoms. The predicted molar refractivity (Wildman–Crippen MR) is 103 cm³/mol. The van der Waals surface area contributed by atoms with Gasteiger partial charge in [-0.3, -0.25) is 4.90 Å². The Labute approximate surface area is 157 Å². The molecule has 1 N–H and O–H groups in total. The lowest BCUT2D eigenvalue weighted by Gasteiger charge is -2.21. The van der Waals surface area contributed by atoms with E-state index in [-0.39, 0.29) is 5.82 Å². The van der Waals surface area contributed by atoms with E-state index in [1.54, 1.807) is 12.3 Å². The average Bonchev–Trinajstić information content (AvgIpc) is 3.32. The molecule has 0 atom stereocenters. The first-order chi connectivity index (χ1) is 13.3. The van der Waals surface area contributed by atoms with Gasteiger partial charge in [0.2, 0.25) is 0 Å². The number of benzene rings is 2. The van der Waals surface area contributed by atoms with Crippen LogP contribution in [0, 0.1) is 5.82 Å². The summed E-state index contributed by atoms with van der Waals surface area (Å²) >= 11 is 0. The Kier molecular flexibility index (Phi) is 5.25. The first kappa shape index (κ1) is 17.4. The van der Waals surface area contributed by atoms with Crippen molar-refractivity contribution >= 4 is 11.0 Å². The van der Waals surface area contributed by atoms with Crippen LogP contribution >= 0.6 is 0 Å². The molecule has 0 bridgehead atoms. The standard InChI is InChI=1S/C21H22FN5/c22-18-7-2-1-6-17(18)14-27(12-5-11-26-13-10-23-16-26)15-21-24-19-8-3-4-9-20(19)25-21/h1-4,6-10,13,16H,5,11-12,14-15H2,(H,24,25). The molecule has 2 aromatic carbocycles. The van der Waals surface area contributed by atoms with Crippen molar-refractivity contribution in [2.24, 2.45) is 0 Å². The van der Waals surface area contributed by atoms with Crippen LogP contribution in [0.25, 0.3) is 11.0 Å². The predicted octanol–water partition coefficient (Wildman–Crippen LogP) is 3.99. The number of imidazole rings is 2. The van der Waals surface area contributed by atoms with Crippen molar-refractivity contribution in [2.45, 2.75) is 26.1 Å². The van der Waals surface area contributed by atoms with Gasteiger partial charge >= 0.3 is 0 Å². The molecular weight excluding hydrogens is 341 g/mol. The van der Waals surface area contributed by atoms with Crippen molar-refractivity contribution < 1.29 is 4.39 Å². The van der Waals surface area contributed by atoms with E-state index in [9.17, 15) is 4.39 Å². The highest BCUT2D eigenvalue weighted by molar-refractivity contribution is 5.74. The van der Waals surface area contributed by atoms with Crippen molar-refractivity contribution in [1.29, 1.82) is 0 Å².